The molecule has 1 aromatic heterocycles. The summed E-state index contributed by atoms with van der Waals surface area (Å²) in [6, 6.07) is 10.3. The highest BCUT2D eigenvalue weighted by molar-refractivity contribution is 5.62. The van der Waals surface area contributed by atoms with Gasteiger partial charge in [-0.2, -0.15) is 0 Å². The minimum Gasteiger partial charge on any atom is -0.345 e. The summed E-state index contributed by atoms with van der Waals surface area (Å²) >= 11 is 0. The Kier molecular flexibility index (Phi) is 3.82. The van der Waals surface area contributed by atoms with Crippen LogP contribution in [-0.4, -0.2) is 16.5 Å². The Hall–Kier alpha value is -1.61. The average molecular weight is 243 g/mol. The lowest BCUT2D eigenvalue weighted by Crippen LogP contribution is -2.10. The molecule has 0 saturated heterocycles. The molecule has 0 aliphatic rings. The number of nitrogens with one attached hydrogen (secondary N) is 1. The largest absolute Gasteiger partial charge is 0.345 e. The number of nitrogens with two attached hydrogens (primary N) is 1. The summed E-state index contributed by atoms with van der Waals surface area (Å²) in [5.41, 5.74) is 9.13. The van der Waals surface area contributed by atoms with Gasteiger partial charge >= 0.3 is 0 Å². The topological polar surface area (TPSA) is 54.7 Å². The van der Waals surface area contributed by atoms with Crippen molar-refractivity contribution >= 4 is 0 Å². The van der Waals surface area contributed by atoms with Crippen LogP contribution in [0.3, 0.4) is 0 Å². The van der Waals surface area contributed by atoms with E-state index in [1.165, 1.54) is 5.69 Å². The molecule has 3 N–H and O–H groups in total. The van der Waals surface area contributed by atoms with E-state index in [2.05, 4.69) is 37.9 Å². The number of imidazole rings is 1. The molecule has 0 bridgehead atoms. The number of H-pyrrole nitrogens is 1. The summed E-state index contributed by atoms with van der Waals surface area (Å²) in [5, 5.41) is 0. The van der Waals surface area contributed by atoms with Crippen molar-refractivity contribution in [1.29, 1.82) is 0 Å². The number of aromatic nitrogens is 2. The van der Waals surface area contributed by atoms with E-state index in [-0.39, 0.29) is 5.92 Å². The molecule has 3 nitrogen and oxygen atoms in total. The first-order chi connectivity index (χ1) is 8.63. The Balaban J connectivity index is 2.49. The van der Waals surface area contributed by atoms with Crippen LogP contribution in [0.4, 0.5) is 0 Å². The van der Waals surface area contributed by atoms with E-state index in [1.807, 2.05) is 18.2 Å². The third kappa shape index (κ3) is 2.46. The zero-order valence-electron chi connectivity index (χ0n) is 11.3. The van der Waals surface area contributed by atoms with E-state index >= 15 is 0 Å². The van der Waals surface area contributed by atoms with Crippen LogP contribution in [0.2, 0.25) is 0 Å². The summed E-state index contributed by atoms with van der Waals surface area (Å²) in [5.74, 6) is 1.67. The van der Waals surface area contributed by atoms with Crippen molar-refractivity contribution in [2.75, 3.05) is 6.54 Å². The molecule has 1 aromatic carbocycles. The molecule has 0 fully saturated rings. The number of aromatic amines is 1. The lowest BCUT2D eigenvalue weighted by Gasteiger charge is -2.05. The summed E-state index contributed by atoms with van der Waals surface area (Å²) in [7, 11) is 0. The molecule has 2 aromatic rings. The molecule has 0 aliphatic carbocycles. The van der Waals surface area contributed by atoms with Gasteiger partial charge in [0, 0.05) is 23.7 Å². The summed E-state index contributed by atoms with van der Waals surface area (Å²) < 4.78 is 0. The van der Waals surface area contributed by atoms with Gasteiger partial charge in [0.2, 0.25) is 0 Å². The third-order valence-corrected chi connectivity index (χ3v) is 3.20. The van der Waals surface area contributed by atoms with Crippen LogP contribution in [0.5, 0.6) is 0 Å². The minimum atomic E-state index is 0.264. The van der Waals surface area contributed by atoms with Crippen molar-refractivity contribution in [1.82, 2.24) is 9.97 Å². The second kappa shape index (κ2) is 5.36. The van der Waals surface area contributed by atoms with Gasteiger partial charge in [-0.15, -0.1) is 0 Å². The molecule has 1 unspecified atom stereocenters. The highest BCUT2D eigenvalue weighted by Crippen LogP contribution is 2.28. The molecule has 2 rings (SSSR count). The van der Waals surface area contributed by atoms with E-state index in [9.17, 15) is 0 Å². The first-order valence-corrected chi connectivity index (χ1v) is 6.48. The second-order valence-corrected chi connectivity index (χ2v) is 5.04. The maximum absolute atomic E-state index is 5.72. The van der Waals surface area contributed by atoms with Gasteiger partial charge in [-0.3, -0.25) is 0 Å². The number of benzene rings is 1. The summed E-state index contributed by atoms with van der Waals surface area (Å²) in [6.07, 6.45) is 0. The van der Waals surface area contributed by atoms with Crippen LogP contribution < -0.4 is 5.73 Å². The molecule has 0 saturated carbocycles. The predicted octanol–water partition coefficient (Wildman–Crippen LogP) is 3.26. The monoisotopic (exact) mass is 243 g/mol. The number of hydrogen-bond donors (Lipinski definition) is 2. The van der Waals surface area contributed by atoms with Gasteiger partial charge in [0.15, 0.2) is 0 Å². The fourth-order valence-corrected chi connectivity index (χ4v) is 1.98. The zero-order chi connectivity index (χ0) is 13.1. The molecule has 3 heteroatoms. The fraction of sp³-hybridized carbons (Fsp3) is 0.400. The molecule has 1 heterocycles. The van der Waals surface area contributed by atoms with Crippen molar-refractivity contribution < 1.29 is 0 Å². The normalized spacial score (nSPS) is 12.9. The van der Waals surface area contributed by atoms with Gasteiger partial charge in [-0.05, 0) is 5.92 Å². The second-order valence-electron chi connectivity index (χ2n) is 5.04. The van der Waals surface area contributed by atoms with Crippen LogP contribution in [-0.2, 0) is 0 Å². The first kappa shape index (κ1) is 12.8. The highest BCUT2D eigenvalue weighted by atomic mass is 15.0. The molecule has 1 atom stereocenters. The first-order valence-electron chi connectivity index (χ1n) is 6.48. The van der Waals surface area contributed by atoms with Crippen molar-refractivity contribution in [3.05, 3.63) is 41.9 Å². The molecular weight excluding hydrogens is 222 g/mol. The maximum Gasteiger partial charge on any atom is 0.111 e. The lowest BCUT2D eigenvalue weighted by atomic mass is 10.0. The van der Waals surface area contributed by atoms with Gasteiger partial charge in [0.1, 0.15) is 5.82 Å². The third-order valence-electron chi connectivity index (χ3n) is 3.20. The fourth-order valence-electron chi connectivity index (χ4n) is 1.98. The number of rotatable bonds is 4. The van der Waals surface area contributed by atoms with Crippen LogP contribution in [0.1, 0.15) is 44.1 Å². The van der Waals surface area contributed by atoms with Crippen LogP contribution in [0.25, 0.3) is 11.3 Å². The predicted molar refractivity (Wildman–Crippen MR) is 75.6 cm³/mol. The Morgan fingerprint density at radius 3 is 2.39 bits per heavy atom. The van der Waals surface area contributed by atoms with E-state index in [1.54, 1.807) is 0 Å². The van der Waals surface area contributed by atoms with Crippen LogP contribution in [0.15, 0.2) is 30.3 Å². The van der Waals surface area contributed by atoms with E-state index in [0.717, 1.165) is 17.1 Å². The smallest absolute Gasteiger partial charge is 0.111 e. The average Bonchev–Trinajstić information content (AvgIpc) is 2.84. The van der Waals surface area contributed by atoms with Crippen LogP contribution >= 0.6 is 0 Å². The Bertz CT molecular complexity index is 500. The summed E-state index contributed by atoms with van der Waals surface area (Å²) in [4.78, 5) is 8.18. The van der Waals surface area contributed by atoms with E-state index in [0.29, 0.717) is 12.5 Å². The molecule has 0 radical (unpaired) electrons. The molecule has 96 valence electrons. The van der Waals surface area contributed by atoms with Crippen molar-refractivity contribution in [3.8, 4) is 11.3 Å². The maximum atomic E-state index is 5.72. The zero-order valence-corrected chi connectivity index (χ0v) is 11.3. The van der Waals surface area contributed by atoms with Crippen molar-refractivity contribution in [2.45, 2.75) is 32.6 Å². The Morgan fingerprint density at radius 1 is 1.17 bits per heavy atom. The Labute approximate surface area is 108 Å². The SMILES string of the molecule is CC(C)c1[nH]c(C(C)CN)nc1-c1ccccc1. The van der Waals surface area contributed by atoms with Crippen molar-refractivity contribution in [3.63, 3.8) is 0 Å². The van der Waals surface area contributed by atoms with E-state index < -0.39 is 0 Å². The Morgan fingerprint density at radius 2 is 1.83 bits per heavy atom. The van der Waals surface area contributed by atoms with Crippen molar-refractivity contribution in [2.24, 2.45) is 5.73 Å². The van der Waals surface area contributed by atoms with Gasteiger partial charge in [-0.25, -0.2) is 4.98 Å². The molecule has 0 amide bonds. The molecule has 18 heavy (non-hydrogen) atoms. The van der Waals surface area contributed by atoms with E-state index in [4.69, 9.17) is 10.7 Å². The van der Waals surface area contributed by atoms with Crippen LogP contribution in [0, 0.1) is 0 Å². The molecule has 0 spiro atoms. The standard InChI is InChI=1S/C15H21N3/c1-10(2)13-14(12-7-5-4-6-8-12)18-15(17-13)11(3)9-16/h4-8,10-11H,9,16H2,1-3H3,(H,17,18). The lowest BCUT2D eigenvalue weighted by molar-refractivity contribution is 0.716. The quantitative estimate of drug-likeness (QED) is 0.866. The molecule has 0 aliphatic heterocycles. The minimum absolute atomic E-state index is 0.264. The van der Waals surface area contributed by atoms with Gasteiger partial charge in [0.25, 0.3) is 0 Å². The van der Waals surface area contributed by atoms with Gasteiger partial charge in [0.05, 0.1) is 5.69 Å². The number of nitrogens with zero attached hydrogens (tertiary/aromatic N) is 1. The molecular formula is C15H21N3. The summed E-state index contributed by atoms with van der Waals surface area (Å²) in [6.45, 7) is 7.06. The van der Waals surface area contributed by atoms with Gasteiger partial charge < -0.3 is 10.7 Å². The number of hydrogen-bond acceptors (Lipinski definition) is 2. The van der Waals surface area contributed by atoms with Gasteiger partial charge in [-0.1, -0.05) is 51.1 Å². The highest BCUT2D eigenvalue weighted by Gasteiger charge is 2.17.